The maximum atomic E-state index is 12.6. The average Bonchev–Trinajstić information content (AvgIpc) is 2.36. The Labute approximate surface area is 128 Å². The molecular weight excluding hydrogens is 314 g/mol. The van der Waals surface area contributed by atoms with Crippen LogP contribution in [0, 0.1) is 5.92 Å². The molecule has 9 heteroatoms. The summed E-state index contributed by atoms with van der Waals surface area (Å²) in [6.07, 6.45) is 2.89. The Balaban J connectivity index is 2.81. The molecule has 126 valence electrons. The van der Waals surface area contributed by atoms with Crippen LogP contribution in [0.3, 0.4) is 0 Å². The number of sulfonamides is 1. The first kappa shape index (κ1) is 18.8. The molecule has 2 N–H and O–H groups in total. The highest BCUT2D eigenvalue weighted by Gasteiger charge is 2.33. The van der Waals surface area contributed by atoms with Gasteiger partial charge in [-0.25, -0.2) is 13.6 Å². The highest BCUT2D eigenvalue weighted by molar-refractivity contribution is 7.89. The van der Waals surface area contributed by atoms with Gasteiger partial charge in [0.25, 0.3) is 10.2 Å². The fraction of sp³-hybridized carbons (Fsp3) is 1.00. The van der Waals surface area contributed by atoms with E-state index in [0.29, 0.717) is 32.5 Å². The summed E-state index contributed by atoms with van der Waals surface area (Å²) in [4.78, 5) is 0. The second-order valence-electron chi connectivity index (χ2n) is 5.60. The van der Waals surface area contributed by atoms with Gasteiger partial charge in [-0.1, -0.05) is 13.8 Å². The van der Waals surface area contributed by atoms with Gasteiger partial charge in [0, 0.05) is 26.2 Å². The van der Waals surface area contributed by atoms with E-state index in [1.807, 2.05) is 13.8 Å². The minimum Gasteiger partial charge on any atom is -0.229 e. The summed E-state index contributed by atoms with van der Waals surface area (Å²) >= 11 is 0. The van der Waals surface area contributed by atoms with E-state index < -0.39 is 20.2 Å². The predicted molar refractivity (Wildman–Crippen MR) is 83.3 cm³/mol. The third-order valence-corrected chi connectivity index (χ3v) is 6.49. The molecule has 1 atom stereocenters. The fourth-order valence-corrected chi connectivity index (χ4v) is 5.55. The first-order chi connectivity index (χ1) is 9.70. The van der Waals surface area contributed by atoms with Crippen molar-refractivity contribution < 1.29 is 16.8 Å². The highest BCUT2D eigenvalue weighted by Crippen LogP contribution is 2.22. The Morgan fingerprint density at radius 1 is 1.14 bits per heavy atom. The number of hydrogen-bond acceptors (Lipinski definition) is 4. The Morgan fingerprint density at radius 2 is 1.71 bits per heavy atom. The lowest BCUT2D eigenvalue weighted by molar-refractivity contribution is 0.258. The number of nitrogens with zero attached hydrogens (tertiary/aromatic N) is 2. The average molecular weight is 341 g/mol. The molecule has 1 rings (SSSR count). The summed E-state index contributed by atoms with van der Waals surface area (Å²) in [5, 5.41) is 5.07. The van der Waals surface area contributed by atoms with Crippen LogP contribution >= 0.6 is 0 Å². The zero-order valence-corrected chi connectivity index (χ0v) is 14.5. The fourth-order valence-electron chi connectivity index (χ4n) is 2.71. The van der Waals surface area contributed by atoms with Crippen molar-refractivity contribution in [2.45, 2.75) is 39.5 Å². The van der Waals surface area contributed by atoms with E-state index >= 15 is 0 Å². The van der Waals surface area contributed by atoms with E-state index in [0.717, 1.165) is 12.8 Å². The molecule has 0 aromatic rings. The molecule has 1 fully saturated rings. The Hall–Kier alpha value is -0.220. The van der Waals surface area contributed by atoms with Gasteiger partial charge < -0.3 is 0 Å². The molecule has 0 saturated carbocycles. The second-order valence-corrected chi connectivity index (χ2v) is 9.19. The zero-order chi connectivity index (χ0) is 16.1. The first-order valence-corrected chi connectivity index (χ1v) is 10.6. The van der Waals surface area contributed by atoms with Crippen LogP contribution in [-0.2, 0) is 20.2 Å². The maximum absolute atomic E-state index is 12.6. The van der Waals surface area contributed by atoms with E-state index in [-0.39, 0.29) is 18.2 Å². The molecule has 1 saturated heterocycles. The van der Waals surface area contributed by atoms with Gasteiger partial charge in [-0.2, -0.15) is 17.0 Å². The van der Waals surface area contributed by atoms with Crippen molar-refractivity contribution in [2.24, 2.45) is 11.1 Å². The molecule has 0 aromatic carbocycles. The van der Waals surface area contributed by atoms with Crippen LogP contribution in [0.4, 0.5) is 0 Å². The second kappa shape index (κ2) is 7.87. The molecular formula is C12H27N3O4S2. The van der Waals surface area contributed by atoms with Gasteiger partial charge in [-0.3, -0.25) is 0 Å². The van der Waals surface area contributed by atoms with Crippen molar-refractivity contribution in [3.05, 3.63) is 0 Å². The van der Waals surface area contributed by atoms with Crippen LogP contribution in [0.1, 0.15) is 39.5 Å². The van der Waals surface area contributed by atoms with Crippen LogP contribution in [0.2, 0.25) is 0 Å². The largest absolute Gasteiger partial charge is 0.281 e. The number of piperidine rings is 1. The third kappa shape index (κ3) is 5.82. The first-order valence-electron chi connectivity index (χ1n) is 7.46. The molecule has 0 bridgehead atoms. The van der Waals surface area contributed by atoms with Crippen molar-refractivity contribution >= 4 is 20.2 Å². The molecule has 1 aliphatic heterocycles. The van der Waals surface area contributed by atoms with Gasteiger partial charge in [0.2, 0.25) is 10.0 Å². The van der Waals surface area contributed by atoms with Gasteiger partial charge in [-0.15, -0.1) is 0 Å². The summed E-state index contributed by atoms with van der Waals surface area (Å²) in [7, 11) is -7.07. The molecule has 1 aliphatic rings. The lowest BCUT2D eigenvalue weighted by atomic mass is 10.0. The molecule has 0 aliphatic carbocycles. The molecule has 21 heavy (non-hydrogen) atoms. The van der Waals surface area contributed by atoms with E-state index in [1.165, 1.54) is 8.61 Å². The minimum absolute atomic E-state index is 0.152. The van der Waals surface area contributed by atoms with Gasteiger partial charge in [0.15, 0.2) is 0 Å². The molecule has 0 amide bonds. The van der Waals surface area contributed by atoms with Crippen LogP contribution < -0.4 is 5.14 Å². The summed E-state index contributed by atoms with van der Waals surface area (Å²) in [5.74, 6) is -0.366. The van der Waals surface area contributed by atoms with Crippen molar-refractivity contribution in [3.63, 3.8) is 0 Å². The Bertz CT molecular complexity index is 513. The lowest BCUT2D eigenvalue weighted by Gasteiger charge is -2.35. The molecule has 1 heterocycles. The van der Waals surface area contributed by atoms with Crippen LogP contribution in [0.15, 0.2) is 0 Å². The normalized spacial score (nSPS) is 21.8. The Kier molecular flexibility index (Phi) is 7.05. The van der Waals surface area contributed by atoms with Crippen molar-refractivity contribution in [1.82, 2.24) is 8.61 Å². The van der Waals surface area contributed by atoms with Crippen LogP contribution in [0.25, 0.3) is 0 Å². The third-order valence-electron chi connectivity index (χ3n) is 3.55. The molecule has 0 radical (unpaired) electrons. The van der Waals surface area contributed by atoms with E-state index in [2.05, 4.69) is 0 Å². The number of rotatable bonds is 8. The number of primary sulfonamides is 1. The van der Waals surface area contributed by atoms with E-state index in [1.54, 1.807) is 0 Å². The van der Waals surface area contributed by atoms with Gasteiger partial charge >= 0.3 is 0 Å². The topological polar surface area (TPSA) is 101 Å². The quantitative estimate of drug-likeness (QED) is 0.688. The van der Waals surface area contributed by atoms with Crippen molar-refractivity contribution in [1.29, 1.82) is 0 Å². The summed E-state index contributed by atoms with van der Waals surface area (Å²) < 4.78 is 50.6. The SMILES string of the molecule is CCCN(CCC)S(=O)(=O)N1CCCC(CS(N)(=O)=O)C1. The van der Waals surface area contributed by atoms with Gasteiger partial charge in [-0.05, 0) is 31.6 Å². The summed E-state index contributed by atoms with van der Waals surface area (Å²) in [5.41, 5.74) is 0. The zero-order valence-electron chi connectivity index (χ0n) is 12.9. The van der Waals surface area contributed by atoms with E-state index in [4.69, 9.17) is 5.14 Å². The Morgan fingerprint density at radius 3 is 2.19 bits per heavy atom. The lowest BCUT2D eigenvalue weighted by Crippen LogP contribution is -2.49. The minimum atomic E-state index is -3.57. The highest BCUT2D eigenvalue weighted by atomic mass is 32.2. The van der Waals surface area contributed by atoms with Crippen molar-refractivity contribution in [3.8, 4) is 0 Å². The molecule has 0 aromatic heterocycles. The molecule has 0 spiro atoms. The van der Waals surface area contributed by atoms with Gasteiger partial charge in [0.05, 0.1) is 5.75 Å². The standard InChI is InChI=1S/C12H27N3O4S2/c1-3-7-14(8-4-2)21(18,19)15-9-5-6-12(10-15)11-20(13,16)17/h12H,3-11H2,1-2H3,(H2,13,16,17). The van der Waals surface area contributed by atoms with E-state index in [9.17, 15) is 16.8 Å². The summed E-state index contributed by atoms with van der Waals surface area (Å²) in [6, 6.07) is 0. The molecule has 1 unspecified atom stereocenters. The smallest absolute Gasteiger partial charge is 0.229 e. The maximum Gasteiger partial charge on any atom is 0.281 e. The molecule has 7 nitrogen and oxygen atoms in total. The number of nitrogens with two attached hydrogens (primary N) is 1. The van der Waals surface area contributed by atoms with Gasteiger partial charge in [0.1, 0.15) is 0 Å². The monoisotopic (exact) mass is 341 g/mol. The number of hydrogen-bond donors (Lipinski definition) is 1. The van der Waals surface area contributed by atoms with Crippen LogP contribution in [-0.4, -0.2) is 57.4 Å². The predicted octanol–water partition coefficient (Wildman–Crippen LogP) is 0.354. The van der Waals surface area contributed by atoms with Crippen LogP contribution in [0.5, 0.6) is 0 Å². The van der Waals surface area contributed by atoms with Crippen molar-refractivity contribution in [2.75, 3.05) is 31.9 Å². The summed E-state index contributed by atoms with van der Waals surface area (Å²) in [6.45, 7) is 5.56.